The summed E-state index contributed by atoms with van der Waals surface area (Å²) >= 11 is 2.06. The summed E-state index contributed by atoms with van der Waals surface area (Å²) in [4.78, 5) is 1.43. The summed E-state index contributed by atoms with van der Waals surface area (Å²) in [5, 5.41) is 0.818. The Balaban J connectivity index is 2.38. The summed E-state index contributed by atoms with van der Waals surface area (Å²) in [7, 11) is 0. The van der Waals surface area contributed by atoms with Gasteiger partial charge < -0.3 is 0 Å². The highest BCUT2D eigenvalue weighted by molar-refractivity contribution is 8.00. The van der Waals surface area contributed by atoms with Crippen molar-refractivity contribution in [1.29, 1.82) is 0 Å². The summed E-state index contributed by atoms with van der Waals surface area (Å²) < 4.78 is 0. The van der Waals surface area contributed by atoms with Crippen LogP contribution in [0.15, 0.2) is 35.2 Å². The van der Waals surface area contributed by atoms with E-state index in [4.69, 9.17) is 0 Å². The van der Waals surface area contributed by atoms with E-state index in [1.807, 2.05) is 0 Å². The van der Waals surface area contributed by atoms with Crippen molar-refractivity contribution in [2.75, 3.05) is 0 Å². The van der Waals surface area contributed by atoms with Crippen LogP contribution in [0.4, 0.5) is 0 Å². The van der Waals surface area contributed by atoms with Crippen LogP contribution in [0.2, 0.25) is 0 Å². The molecule has 0 aliphatic rings. The van der Waals surface area contributed by atoms with Crippen LogP contribution in [-0.4, -0.2) is 5.25 Å². The second-order valence-electron chi connectivity index (χ2n) is 4.34. The number of hydrogen-bond acceptors (Lipinski definition) is 1. The third-order valence-corrected chi connectivity index (χ3v) is 4.14. The largest absolute Gasteiger partial charge is 0.123 e. The molecule has 1 atom stereocenters. The van der Waals surface area contributed by atoms with Crippen LogP contribution in [0.1, 0.15) is 52.4 Å². The van der Waals surface area contributed by atoms with Crippen molar-refractivity contribution in [1.82, 2.24) is 0 Å². The first kappa shape index (κ1) is 13.6. The molecule has 1 unspecified atom stereocenters. The highest BCUT2D eigenvalue weighted by Crippen LogP contribution is 2.29. The fourth-order valence-electron chi connectivity index (χ4n) is 1.90. The van der Waals surface area contributed by atoms with E-state index in [9.17, 15) is 0 Å². The van der Waals surface area contributed by atoms with Gasteiger partial charge in [0.2, 0.25) is 0 Å². The van der Waals surface area contributed by atoms with Crippen LogP contribution in [0, 0.1) is 0 Å². The van der Waals surface area contributed by atoms with Gasteiger partial charge in [0.05, 0.1) is 0 Å². The van der Waals surface area contributed by atoms with Crippen molar-refractivity contribution >= 4 is 11.8 Å². The van der Waals surface area contributed by atoms with E-state index in [0.29, 0.717) is 0 Å². The normalized spacial score (nSPS) is 12.6. The molecular formula is C15H24S. The van der Waals surface area contributed by atoms with Crippen molar-refractivity contribution in [3.63, 3.8) is 0 Å². The Hall–Kier alpha value is -0.430. The van der Waals surface area contributed by atoms with Gasteiger partial charge in [0, 0.05) is 10.1 Å². The molecule has 1 aromatic carbocycles. The van der Waals surface area contributed by atoms with Crippen LogP contribution < -0.4 is 0 Å². The van der Waals surface area contributed by atoms with Crippen LogP contribution in [0.25, 0.3) is 0 Å². The number of rotatable bonds is 8. The Kier molecular flexibility index (Phi) is 7.41. The number of benzene rings is 1. The molecule has 16 heavy (non-hydrogen) atoms. The Morgan fingerprint density at radius 2 is 1.69 bits per heavy atom. The SMILES string of the molecule is CCCCCC(CCC)Sc1ccccc1. The Bertz CT molecular complexity index is 255. The lowest BCUT2D eigenvalue weighted by Gasteiger charge is -2.15. The number of hydrogen-bond donors (Lipinski definition) is 0. The monoisotopic (exact) mass is 236 g/mol. The summed E-state index contributed by atoms with van der Waals surface area (Å²) in [6.07, 6.45) is 8.13. The van der Waals surface area contributed by atoms with E-state index in [0.717, 1.165) is 5.25 Å². The van der Waals surface area contributed by atoms with Gasteiger partial charge >= 0.3 is 0 Å². The summed E-state index contributed by atoms with van der Waals surface area (Å²) in [5.41, 5.74) is 0. The number of thioether (sulfide) groups is 1. The molecular weight excluding hydrogens is 212 g/mol. The predicted molar refractivity (Wildman–Crippen MR) is 75.1 cm³/mol. The van der Waals surface area contributed by atoms with Gasteiger partial charge in [0.15, 0.2) is 0 Å². The smallest absolute Gasteiger partial charge is 0.00943 e. The molecule has 0 bridgehead atoms. The highest BCUT2D eigenvalue weighted by atomic mass is 32.2. The molecule has 0 nitrogen and oxygen atoms in total. The fourth-order valence-corrected chi connectivity index (χ4v) is 3.23. The summed E-state index contributed by atoms with van der Waals surface area (Å²) in [6, 6.07) is 10.8. The van der Waals surface area contributed by atoms with Gasteiger partial charge in [-0.3, -0.25) is 0 Å². The maximum Gasteiger partial charge on any atom is 0.00943 e. The van der Waals surface area contributed by atoms with Gasteiger partial charge in [0.1, 0.15) is 0 Å². The van der Waals surface area contributed by atoms with E-state index in [1.165, 1.54) is 43.4 Å². The zero-order valence-corrected chi connectivity index (χ0v) is 11.4. The van der Waals surface area contributed by atoms with Crippen molar-refractivity contribution < 1.29 is 0 Å². The van der Waals surface area contributed by atoms with E-state index >= 15 is 0 Å². The van der Waals surface area contributed by atoms with Crippen molar-refractivity contribution in [3.8, 4) is 0 Å². The lowest BCUT2D eigenvalue weighted by molar-refractivity contribution is 0.614. The van der Waals surface area contributed by atoms with E-state index in [-0.39, 0.29) is 0 Å². The molecule has 0 aromatic heterocycles. The van der Waals surface area contributed by atoms with E-state index in [1.54, 1.807) is 0 Å². The third kappa shape index (κ3) is 5.60. The molecule has 0 heterocycles. The van der Waals surface area contributed by atoms with E-state index in [2.05, 4.69) is 55.9 Å². The molecule has 1 aromatic rings. The molecule has 0 amide bonds. The van der Waals surface area contributed by atoms with Crippen LogP contribution >= 0.6 is 11.8 Å². The van der Waals surface area contributed by atoms with Gasteiger partial charge in [-0.15, -0.1) is 11.8 Å². The third-order valence-electron chi connectivity index (χ3n) is 2.79. The topological polar surface area (TPSA) is 0 Å². The van der Waals surface area contributed by atoms with Gasteiger partial charge in [-0.2, -0.15) is 0 Å². The Morgan fingerprint density at radius 3 is 2.31 bits per heavy atom. The second-order valence-corrected chi connectivity index (χ2v) is 5.71. The predicted octanol–water partition coefficient (Wildman–Crippen LogP) is 5.53. The molecule has 0 radical (unpaired) electrons. The minimum Gasteiger partial charge on any atom is -0.123 e. The van der Waals surface area contributed by atoms with Gasteiger partial charge in [-0.1, -0.05) is 57.7 Å². The van der Waals surface area contributed by atoms with Crippen molar-refractivity contribution in [2.24, 2.45) is 0 Å². The first-order valence-electron chi connectivity index (χ1n) is 6.58. The quantitative estimate of drug-likeness (QED) is 0.422. The molecule has 0 aliphatic heterocycles. The molecule has 0 N–H and O–H groups in total. The molecule has 0 fully saturated rings. The molecule has 1 rings (SSSR count). The van der Waals surface area contributed by atoms with Crippen LogP contribution in [0.3, 0.4) is 0 Å². The van der Waals surface area contributed by atoms with Crippen molar-refractivity contribution in [3.05, 3.63) is 30.3 Å². The molecule has 90 valence electrons. The Morgan fingerprint density at radius 1 is 0.938 bits per heavy atom. The summed E-state index contributed by atoms with van der Waals surface area (Å²) in [6.45, 7) is 4.57. The summed E-state index contributed by atoms with van der Waals surface area (Å²) in [5.74, 6) is 0. The maximum absolute atomic E-state index is 2.29. The Labute approximate surface area is 105 Å². The minimum absolute atomic E-state index is 0.818. The molecule has 0 saturated heterocycles. The minimum atomic E-state index is 0.818. The van der Waals surface area contributed by atoms with Crippen LogP contribution in [-0.2, 0) is 0 Å². The first-order chi connectivity index (χ1) is 7.86. The van der Waals surface area contributed by atoms with Crippen molar-refractivity contribution in [2.45, 2.75) is 62.5 Å². The molecule has 1 heteroatoms. The number of unbranched alkanes of at least 4 members (excludes halogenated alkanes) is 2. The van der Waals surface area contributed by atoms with Crippen LogP contribution in [0.5, 0.6) is 0 Å². The van der Waals surface area contributed by atoms with Gasteiger partial charge in [-0.05, 0) is 25.0 Å². The van der Waals surface area contributed by atoms with E-state index < -0.39 is 0 Å². The maximum atomic E-state index is 2.29. The second kappa shape index (κ2) is 8.69. The lowest BCUT2D eigenvalue weighted by Crippen LogP contribution is -2.01. The average Bonchev–Trinajstić information content (AvgIpc) is 2.31. The molecule has 0 aliphatic carbocycles. The average molecular weight is 236 g/mol. The van der Waals surface area contributed by atoms with Gasteiger partial charge in [0.25, 0.3) is 0 Å². The fraction of sp³-hybridized carbons (Fsp3) is 0.600. The highest BCUT2D eigenvalue weighted by Gasteiger charge is 2.08. The zero-order valence-electron chi connectivity index (χ0n) is 10.6. The zero-order chi connectivity index (χ0) is 11.6. The van der Waals surface area contributed by atoms with Gasteiger partial charge in [-0.25, -0.2) is 0 Å². The standard InChI is InChI=1S/C15H24S/c1-3-5-7-11-14(10-4-2)16-15-12-8-6-9-13-15/h6,8-9,12-14H,3-5,7,10-11H2,1-2H3. The lowest BCUT2D eigenvalue weighted by atomic mass is 10.1. The first-order valence-corrected chi connectivity index (χ1v) is 7.46. The molecule has 0 spiro atoms. The molecule has 0 saturated carbocycles.